The van der Waals surface area contributed by atoms with Crippen molar-refractivity contribution in [2.75, 3.05) is 31.4 Å². The van der Waals surface area contributed by atoms with Gasteiger partial charge in [-0.3, -0.25) is 9.59 Å². The number of rotatable bonds is 7. The summed E-state index contributed by atoms with van der Waals surface area (Å²) in [6.45, 7) is 3.74. The smallest absolute Gasteiger partial charge is 0.238 e. The van der Waals surface area contributed by atoms with Crippen LogP contribution in [-0.4, -0.2) is 32.6 Å². The Labute approximate surface area is 130 Å². The highest BCUT2D eigenvalue weighted by atomic mass is 16.5. The summed E-state index contributed by atoms with van der Waals surface area (Å²) in [5.74, 6) is 0.601. The van der Waals surface area contributed by atoms with Crippen molar-refractivity contribution in [3.63, 3.8) is 0 Å². The minimum absolute atomic E-state index is 0.148. The van der Waals surface area contributed by atoms with E-state index in [1.807, 2.05) is 13.8 Å². The Morgan fingerprint density at radius 3 is 1.86 bits per heavy atom. The van der Waals surface area contributed by atoms with Crippen LogP contribution in [0.3, 0.4) is 0 Å². The van der Waals surface area contributed by atoms with Gasteiger partial charge in [0, 0.05) is 18.6 Å². The Kier molecular flexibility index (Phi) is 6.65. The first-order valence-electron chi connectivity index (χ1n) is 6.97. The molecule has 1 rings (SSSR count). The third-order valence-electron chi connectivity index (χ3n) is 2.85. The van der Waals surface area contributed by atoms with E-state index >= 15 is 0 Å². The van der Waals surface area contributed by atoms with Gasteiger partial charge < -0.3 is 25.8 Å². The lowest BCUT2D eigenvalue weighted by atomic mass is 10.1. The summed E-state index contributed by atoms with van der Waals surface area (Å²) in [6, 6.07) is 3.18. The molecule has 0 saturated carbocycles. The van der Waals surface area contributed by atoms with Gasteiger partial charge in [0.05, 0.1) is 32.1 Å². The number of anilines is 2. The van der Waals surface area contributed by atoms with Gasteiger partial charge >= 0.3 is 0 Å². The van der Waals surface area contributed by atoms with Crippen LogP contribution in [-0.2, 0) is 9.59 Å². The highest BCUT2D eigenvalue weighted by Crippen LogP contribution is 2.36. The van der Waals surface area contributed by atoms with E-state index in [4.69, 9.17) is 15.2 Å². The molecule has 0 aromatic heterocycles. The fourth-order valence-electron chi connectivity index (χ4n) is 1.86. The molecular formula is C15H23N3O4. The topological polar surface area (TPSA) is 103 Å². The molecule has 0 saturated heterocycles. The SMILES string of the molecule is COc1cc(NC(=O)CN)c(NC(=O)CC(C)C)cc1OC. The Morgan fingerprint density at radius 1 is 1.05 bits per heavy atom. The summed E-state index contributed by atoms with van der Waals surface area (Å²) >= 11 is 0. The third kappa shape index (κ3) is 4.92. The van der Waals surface area contributed by atoms with Crippen molar-refractivity contribution in [3.8, 4) is 11.5 Å². The minimum atomic E-state index is -0.369. The van der Waals surface area contributed by atoms with Crippen LogP contribution in [0.4, 0.5) is 11.4 Å². The summed E-state index contributed by atoms with van der Waals surface area (Å²) in [4.78, 5) is 23.5. The van der Waals surface area contributed by atoms with E-state index in [0.717, 1.165) is 0 Å². The number of carbonyl (C=O) groups is 2. The molecule has 0 radical (unpaired) electrons. The number of hydrogen-bond donors (Lipinski definition) is 3. The molecule has 1 aromatic carbocycles. The molecule has 0 spiro atoms. The number of ether oxygens (including phenoxy) is 2. The van der Waals surface area contributed by atoms with Crippen LogP contribution in [0.15, 0.2) is 12.1 Å². The number of benzene rings is 1. The number of nitrogens with one attached hydrogen (secondary N) is 2. The second-order valence-electron chi connectivity index (χ2n) is 5.15. The molecule has 2 amide bonds. The Bertz CT molecular complexity index is 544. The van der Waals surface area contributed by atoms with Crippen molar-refractivity contribution in [1.82, 2.24) is 0 Å². The molecule has 4 N–H and O–H groups in total. The predicted molar refractivity (Wildman–Crippen MR) is 85.3 cm³/mol. The standard InChI is InChI=1S/C15H23N3O4/c1-9(2)5-14(19)17-10-6-12(21-3)13(22-4)7-11(10)18-15(20)8-16/h6-7,9H,5,8,16H2,1-4H3,(H,17,19)(H,18,20). The highest BCUT2D eigenvalue weighted by Gasteiger charge is 2.15. The van der Waals surface area contributed by atoms with Crippen LogP contribution in [0, 0.1) is 5.92 Å². The summed E-state index contributed by atoms with van der Waals surface area (Å²) in [5.41, 5.74) is 6.15. The van der Waals surface area contributed by atoms with Gasteiger partial charge in [-0.25, -0.2) is 0 Å². The second kappa shape index (κ2) is 8.23. The molecule has 0 fully saturated rings. The van der Waals surface area contributed by atoms with Crippen molar-refractivity contribution in [3.05, 3.63) is 12.1 Å². The molecule has 7 nitrogen and oxygen atoms in total. The quantitative estimate of drug-likeness (QED) is 0.709. The van der Waals surface area contributed by atoms with E-state index in [0.29, 0.717) is 29.3 Å². The molecule has 1 aromatic rings. The first kappa shape index (κ1) is 17.8. The molecular weight excluding hydrogens is 286 g/mol. The van der Waals surface area contributed by atoms with Crippen molar-refractivity contribution >= 4 is 23.2 Å². The van der Waals surface area contributed by atoms with Gasteiger partial charge in [-0.05, 0) is 5.92 Å². The molecule has 0 aliphatic rings. The van der Waals surface area contributed by atoms with E-state index in [2.05, 4.69) is 10.6 Å². The maximum Gasteiger partial charge on any atom is 0.238 e. The summed E-state index contributed by atoms with van der Waals surface area (Å²) in [5, 5.41) is 5.40. The molecule has 0 unspecified atom stereocenters. The fraction of sp³-hybridized carbons (Fsp3) is 0.467. The molecule has 122 valence electrons. The van der Waals surface area contributed by atoms with E-state index in [9.17, 15) is 9.59 Å². The average Bonchev–Trinajstić information content (AvgIpc) is 2.47. The van der Waals surface area contributed by atoms with Gasteiger partial charge in [0.2, 0.25) is 11.8 Å². The van der Waals surface area contributed by atoms with Gasteiger partial charge in [0.1, 0.15) is 0 Å². The predicted octanol–water partition coefficient (Wildman–Crippen LogP) is 1.59. The molecule has 0 atom stereocenters. The fourth-order valence-corrected chi connectivity index (χ4v) is 1.86. The molecule has 7 heteroatoms. The number of amides is 2. The average molecular weight is 309 g/mol. The minimum Gasteiger partial charge on any atom is -0.493 e. The van der Waals surface area contributed by atoms with Gasteiger partial charge in [-0.1, -0.05) is 13.8 Å². The lowest BCUT2D eigenvalue weighted by molar-refractivity contribution is -0.117. The van der Waals surface area contributed by atoms with Crippen LogP contribution in [0.25, 0.3) is 0 Å². The van der Waals surface area contributed by atoms with Crippen LogP contribution in [0.1, 0.15) is 20.3 Å². The Balaban J connectivity index is 3.14. The van der Waals surface area contributed by atoms with Gasteiger partial charge in [-0.2, -0.15) is 0 Å². The maximum atomic E-state index is 12.0. The number of methoxy groups -OCH3 is 2. The van der Waals surface area contributed by atoms with Crippen LogP contribution in [0.5, 0.6) is 11.5 Å². The molecule has 22 heavy (non-hydrogen) atoms. The number of nitrogens with two attached hydrogens (primary N) is 1. The number of hydrogen-bond acceptors (Lipinski definition) is 5. The van der Waals surface area contributed by atoms with Crippen molar-refractivity contribution in [2.24, 2.45) is 11.7 Å². The normalized spacial score (nSPS) is 10.3. The first-order valence-corrected chi connectivity index (χ1v) is 6.97. The Hall–Kier alpha value is -2.28. The summed E-state index contributed by atoms with van der Waals surface area (Å²) in [6.07, 6.45) is 0.374. The highest BCUT2D eigenvalue weighted by molar-refractivity contribution is 6.00. The zero-order chi connectivity index (χ0) is 16.7. The van der Waals surface area contributed by atoms with E-state index in [1.54, 1.807) is 12.1 Å². The van der Waals surface area contributed by atoms with Gasteiger partial charge in [0.15, 0.2) is 11.5 Å². The summed E-state index contributed by atoms with van der Waals surface area (Å²) in [7, 11) is 2.99. The Morgan fingerprint density at radius 2 is 1.50 bits per heavy atom. The summed E-state index contributed by atoms with van der Waals surface area (Å²) < 4.78 is 10.4. The monoisotopic (exact) mass is 309 g/mol. The third-order valence-corrected chi connectivity index (χ3v) is 2.85. The van der Waals surface area contributed by atoms with E-state index < -0.39 is 0 Å². The van der Waals surface area contributed by atoms with Crippen molar-refractivity contribution in [1.29, 1.82) is 0 Å². The lowest BCUT2D eigenvalue weighted by Crippen LogP contribution is -2.23. The van der Waals surface area contributed by atoms with Gasteiger partial charge in [0.25, 0.3) is 0 Å². The molecule has 0 heterocycles. The number of carbonyl (C=O) groups excluding carboxylic acids is 2. The van der Waals surface area contributed by atoms with Crippen LogP contribution in [0.2, 0.25) is 0 Å². The van der Waals surface area contributed by atoms with Crippen molar-refractivity contribution in [2.45, 2.75) is 20.3 Å². The van der Waals surface area contributed by atoms with Crippen LogP contribution < -0.4 is 25.8 Å². The van der Waals surface area contributed by atoms with Gasteiger partial charge in [-0.15, -0.1) is 0 Å². The zero-order valence-corrected chi connectivity index (χ0v) is 13.4. The van der Waals surface area contributed by atoms with E-state index in [1.165, 1.54) is 14.2 Å². The van der Waals surface area contributed by atoms with Crippen LogP contribution >= 0.6 is 0 Å². The first-order chi connectivity index (χ1) is 10.4. The van der Waals surface area contributed by atoms with Crippen molar-refractivity contribution < 1.29 is 19.1 Å². The second-order valence-corrected chi connectivity index (χ2v) is 5.15. The maximum absolute atomic E-state index is 12.0. The largest absolute Gasteiger partial charge is 0.493 e. The zero-order valence-electron chi connectivity index (χ0n) is 13.4. The molecule has 0 aliphatic heterocycles. The molecule has 0 bridgehead atoms. The molecule has 0 aliphatic carbocycles. The van der Waals surface area contributed by atoms with E-state index in [-0.39, 0.29) is 24.3 Å². The lowest BCUT2D eigenvalue weighted by Gasteiger charge is -2.16.